The predicted molar refractivity (Wildman–Crippen MR) is 118 cm³/mol. The van der Waals surface area contributed by atoms with Crippen molar-refractivity contribution in [3.05, 3.63) is 53.6 Å². The largest absolute Gasteiger partial charge is 0.507 e. The van der Waals surface area contributed by atoms with Crippen molar-refractivity contribution in [1.29, 1.82) is 0 Å². The molecular weight excluding hydrogens is 384 g/mol. The third-order valence-electron chi connectivity index (χ3n) is 4.31. The second-order valence-corrected chi connectivity index (χ2v) is 6.40. The monoisotopic (exact) mass is 414 g/mol. The molecular formula is C22H30N4O4. The summed E-state index contributed by atoms with van der Waals surface area (Å²) in [6, 6.07) is 12.3. The summed E-state index contributed by atoms with van der Waals surface area (Å²) in [4.78, 5) is 16.7. The zero-order chi connectivity index (χ0) is 21.8. The van der Waals surface area contributed by atoms with E-state index >= 15 is 0 Å². The van der Waals surface area contributed by atoms with Crippen LogP contribution in [0.15, 0.2) is 47.5 Å². The van der Waals surface area contributed by atoms with Gasteiger partial charge in [-0.15, -0.1) is 0 Å². The summed E-state index contributed by atoms with van der Waals surface area (Å²) < 4.78 is 10.6. The number of methoxy groups -OCH3 is 2. The molecule has 0 aliphatic rings. The van der Waals surface area contributed by atoms with E-state index in [0.717, 1.165) is 18.5 Å². The molecule has 30 heavy (non-hydrogen) atoms. The third kappa shape index (κ3) is 6.88. The number of aromatic hydroxyl groups is 1. The lowest BCUT2D eigenvalue weighted by Crippen LogP contribution is -2.41. The third-order valence-corrected chi connectivity index (χ3v) is 4.31. The Morgan fingerprint density at radius 2 is 1.73 bits per heavy atom. The number of rotatable bonds is 10. The zero-order valence-corrected chi connectivity index (χ0v) is 17.7. The highest BCUT2D eigenvalue weighted by molar-refractivity contribution is 5.96. The lowest BCUT2D eigenvalue weighted by atomic mass is 10.1. The molecule has 2 aromatic rings. The molecule has 0 saturated carbocycles. The minimum atomic E-state index is -0.315. The van der Waals surface area contributed by atoms with E-state index in [9.17, 15) is 9.90 Å². The first-order valence-corrected chi connectivity index (χ1v) is 9.88. The molecule has 0 aliphatic heterocycles. The second-order valence-electron chi connectivity index (χ2n) is 6.40. The van der Waals surface area contributed by atoms with Gasteiger partial charge in [0.05, 0.1) is 19.8 Å². The maximum absolute atomic E-state index is 12.1. The highest BCUT2D eigenvalue weighted by Crippen LogP contribution is 2.27. The molecule has 4 N–H and O–H groups in total. The minimum Gasteiger partial charge on any atom is -0.507 e. The summed E-state index contributed by atoms with van der Waals surface area (Å²) in [5.74, 6) is 1.72. The number of hydrogen-bond acceptors (Lipinski definition) is 5. The van der Waals surface area contributed by atoms with E-state index in [1.165, 1.54) is 6.07 Å². The van der Waals surface area contributed by atoms with E-state index in [2.05, 4.69) is 20.9 Å². The molecule has 1 amide bonds. The summed E-state index contributed by atoms with van der Waals surface area (Å²) in [7, 11) is 3.23. The van der Waals surface area contributed by atoms with Gasteiger partial charge in [0.25, 0.3) is 5.91 Å². The van der Waals surface area contributed by atoms with Gasteiger partial charge < -0.3 is 30.5 Å². The molecule has 0 atom stereocenters. The first-order valence-electron chi connectivity index (χ1n) is 9.88. The number of nitrogens with zero attached hydrogens (tertiary/aromatic N) is 1. The van der Waals surface area contributed by atoms with E-state index in [1.54, 1.807) is 32.4 Å². The van der Waals surface area contributed by atoms with E-state index in [1.807, 2.05) is 25.1 Å². The predicted octanol–water partition coefficient (Wildman–Crippen LogP) is 1.94. The van der Waals surface area contributed by atoms with Crippen LogP contribution < -0.4 is 25.4 Å². The quantitative estimate of drug-likeness (QED) is 0.269. The van der Waals surface area contributed by atoms with Gasteiger partial charge in [-0.05, 0) is 43.2 Å². The standard InChI is InChI=1S/C22H30N4O4/c1-4-23-22(25-12-11-16-9-10-19(29-2)20(15-16)30-3)26-14-13-24-21(28)17-7-5-6-8-18(17)27/h5-10,15,27H,4,11-14H2,1-3H3,(H,24,28)(H2,23,25,26). The van der Waals surface area contributed by atoms with Gasteiger partial charge in [-0.25, -0.2) is 0 Å². The van der Waals surface area contributed by atoms with Gasteiger partial charge >= 0.3 is 0 Å². The van der Waals surface area contributed by atoms with Crippen LogP contribution in [0, 0.1) is 0 Å². The molecule has 2 aromatic carbocycles. The average molecular weight is 415 g/mol. The van der Waals surface area contributed by atoms with Crippen LogP contribution in [0.5, 0.6) is 17.2 Å². The Hall–Kier alpha value is -3.42. The Bertz CT molecular complexity index is 855. The Kier molecular flexibility index (Phi) is 9.30. The van der Waals surface area contributed by atoms with Crippen LogP contribution in [-0.4, -0.2) is 57.4 Å². The van der Waals surface area contributed by atoms with Gasteiger partial charge in [-0.2, -0.15) is 0 Å². The smallest absolute Gasteiger partial charge is 0.255 e. The number of carbonyl (C=O) groups is 1. The molecule has 0 heterocycles. The highest BCUT2D eigenvalue weighted by atomic mass is 16.5. The van der Waals surface area contributed by atoms with Crippen LogP contribution in [-0.2, 0) is 6.42 Å². The molecule has 0 spiro atoms. The fourth-order valence-electron chi connectivity index (χ4n) is 2.79. The molecule has 162 valence electrons. The molecule has 8 heteroatoms. The van der Waals surface area contributed by atoms with Crippen molar-refractivity contribution in [3.8, 4) is 17.2 Å². The molecule has 0 bridgehead atoms. The molecule has 2 rings (SSSR count). The number of phenols is 1. The fraction of sp³-hybridized carbons (Fsp3) is 0.364. The number of guanidine groups is 1. The van der Waals surface area contributed by atoms with Crippen molar-refractivity contribution in [2.75, 3.05) is 40.4 Å². The molecule has 0 aliphatic carbocycles. The molecule has 0 unspecified atom stereocenters. The zero-order valence-electron chi connectivity index (χ0n) is 17.7. The highest BCUT2D eigenvalue weighted by Gasteiger charge is 2.09. The Morgan fingerprint density at radius 1 is 1.00 bits per heavy atom. The lowest BCUT2D eigenvalue weighted by Gasteiger charge is -2.12. The van der Waals surface area contributed by atoms with E-state index in [0.29, 0.717) is 37.1 Å². The molecule has 8 nitrogen and oxygen atoms in total. The molecule has 0 fully saturated rings. The summed E-state index contributed by atoms with van der Waals surface area (Å²) in [5, 5.41) is 18.9. The number of aliphatic imine (C=N–C) groups is 1. The van der Waals surface area contributed by atoms with Gasteiger partial charge in [0.2, 0.25) is 0 Å². The van der Waals surface area contributed by atoms with E-state index in [4.69, 9.17) is 9.47 Å². The van der Waals surface area contributed by atoms with Crippen LogP contribution in [0.2, 0.25) is 0 Å². The number of ether oxygens (including phenoxy) is 2. The first kappa shape index (κ1) is 22.9. The maximum Gasteiger partial charge on any atom is 0.255 e. The van der Waals surface area contributed by atoms with Crippen molar-refractivity contribution >= 4 is 11.9 Å². The average Bonchev–Trinajstić information content (AvgIpc) is 2.76. The molecule has 0 saturated heterocycles. The van der Waals surface area contributed by atoms with Gasteiger partial charge in [0.15, 0.2) is 17.5 Å². The fourth-order valence-corrected chi connectivity index (χ4v) is 2.79. The summed E-state index contributed by atoms with van der Waals surface area (Å²) >= 11 is 0. The normalized spacial score (nSPS) is 11.0. The number of nitrogens with one attached hydrogen (secondary N) is 3. The van der Waals surface area contributed by atoms with E-state index in [-0.39, 0.29) is 17.2 Å². The van der Waals surface area contributed by atoms with Crippen LogP contribution in [0.1, 0.15) is 22.8 Å². The number of phenolic OH excluding ortho intramolecular Hbond substituents is 1. The second kappa shape index (κ2) is 12.2. The SMILES string of the molecule is CCNC(=NCCc1ccc(OC)c(OC)c1)NCCNC(=O)c1ccccc1O. The van der Waals surface area contributed by atoms with Gasteiger partial charge in [-0.1, -0.05) is 18.2 Å². The number of para-hydroxylation sites is 1. The minimum absolute atomic E-state index is 0.0342. The summed E-state index contributed by atoms with van der Waals surface area (Å²) in [5.41, 5.74) is 1.36. The van der Waals surface area contributed by atoms with Crippen LogP contribution in [0.25, 0.3) is 0 Å². The number of amides is 1. The topological polar surface area (TPSA) is 104 Å². The van der Waals surface area contributed by atoms with Crippen molar-refractivity contribution in [2.24, 2.45) is 4.99 Å². The Balaban J connectivity index is 1.81. The Morgan fingerprint density at radius 3 is 2.43 bits per heavy atom. The van der Waals surface area contributed by atoms with Crippen molar-refractivity contribution in [2.45, 2.75) is 13.3 Å². The molecule has 0 radical (unpaired) electrons. The maximum atomic E-state index is 12.1. The van der Waals surface area contributed by atoms with Crippen molar-refractivity contribution in [3.63, 3.8) is 0 Å². The van der Waals surface area contributed by atoms with Gasteiger partial charge in [-0.3, -0.25) is 9.79 Å². The molecule has 0 aromatic heterocycles. The van der Waals surface area contributed by atoms with Crippen LogP contribution >= 0.6 is 0 Å². The van der Waals surface area contributed by atoms with E-state index < -0.39 is 0 Å². The summed E-state index contributed by atoms with van der Waals surface area (Å²) in [6.45, 7) is 4.21. The number of hydrogen-bond donors (Lipinski definition) is 4. The van der Waals surface area contributed by atoms with Gasteiger partial charge in [0, 0.05) is 26.2 Å². The van der Waals surface area contributed by atoms with Crippen LogP contribution in [0.4, 0.5) is 0 Å². The first-order chi connectivity index (χ1) is 14.6. The van der Waals surface area contributed by atoms with Crippen LogP contribution in [0.3, 0.4) is 0 Å². The number of carbonyl (C=O) groups excluding carboxylic acids is 1. The van der Waals surface area contributed by atoms with Gasteiger partial charge in [0.1, 0.15) is 5.75 Å². The number of benzene rings is 2. The van der Waals surface area contributed by atoms with Crippen molar-refractivity contribution in [1.82, 2.24) is 16.0 Å². The summed E-state index contributed by atoms with van der Waals surface area (Å²) in [6.07, 6.45) is 0.751. The Labute approximate surface area is 177 Å². The lowest BCUT2D eigenvalue weighted by molar-refractivity contribution is 0.0951. The van der Waals surface area contributed by atoms with Crippen molar-refractivity contribution < 1.29 is 19.4 Å².